The van der Waals surface area contributed by atoms with Crippen LogP contribution in [-0.2, 0) is 0 Å². The van der Waals surface area contributed by atoms with Crippen LogP contribution in [0.5, 0.6) is 0 Å². The lowest BCUT2D eigenvalue weighted by Crippen LogP contribution is -2.06. The lowest BCUT2D eigenvalue weighted by molar-refractivity contribution is 0.810. The Morgan fingerprint density at radius 1 is 0.760 bits per heavy atom. The summed E-state index contributed by atoms with van der Waals surface area (Å²) in [5, 5.41) is 2.51. The van der Waals surface area contributed by atoms with Crippen molar-refractivity contribution < 1.29 is 0 Å². The maximum absolute atomic E-state index is 4.71. The van der Waals surface area contributed by atoms with Crippen molar-refractivity contribution in [2.24, 2.45) is 0 Å². The molecule has 0 aliphatic carbocycles. The van der Waals surface area contributed by atoms with Crippen LogP contribution >= 0.6 is 0 Å². The number of rotatable bonds is 3. The summed E-state index contributed by atoms with van der Waals surface area (Å²) in [5.41, 5.74) is 6.29. The van der Waals surface area contributed by atoms with Gasteiger partial charge >= 0.3 is 0 Å². The minimum Gasteiger partial charge on any atom is -0.298 e. The van der Waals surface area contributed by atoms with Crippen molar-refractivity contribution >= 4 is 21.8 Å². The number of imidazole rings is 1. The van der Waals surface area contributed by atoms with E-state index in [1.807, 2.05) is 6.33 Å². The van der Waals surface area contributed by atoms with Crippen molar-refractivity contribution in [1.82, 2.24) is 9.55 Å². The molecule has 0 aliphatic heterocycles. The summed E-state index contributed by atoms with van der Waals surface area (Å²) in [5.74, 6) is 0.919. The molecule has 0 spiro atoms. The molecule has 126 valence electrons. The molecule has 1 aromatic heterocycles. The quantitative estimate of drug-likeness (QED) is 0.424. The maximum atomic E-state index is 4.71. The fourth-order valence-corrected chi connectivity index (χ4v) is 3.74. The Balaban J connectivity index is 2.14. The van der Waals surface area contributed by atoms with Crippen molar-refractivity contribution in [2.75, 3.05) is 0 Å². The van der Waals surface area contributed by atoms with Crippen molar-refractivity contribution in [1.29, 1.82) is 0 Å². The Labute approximate surface area is 149 Å². The molecule has 0 radical (unpaired) electrons. The summed E-state index contributed by atoms with van der Waals surface area (Å²) in [7, 11) is 0. The van der Waals surface area contributed by atoms with E-state index in [1.54, 1.807) is 0 Å². The van der Waals surface area contributed by atoms with Crippen LogP contribution in [0.1, 0.15) is 50.7 Å². The predicted molar refractivity (Wildman–Crippen MR) is 107 cm³/mol. The van der Waals surface area contributed by atoms with Crippen LogP contribution < -0.4 is 0 Å². The highest BCUT2D eigenvalue weighted by Crippen LogP contribution is 2.35. The van der Waals surface area contributed by atoms with Gasteiger partial charge in [0.05, 0.1) is 16.7 Å². The van der Waals surface area contributed by atoms with E-state index in [1.165, 1.54) is 33.1 Å². The first-order valence-corrected chi connectivity index (χ1v) is 9.06. The fraction of sp³-hybridized carbons (Fsp3) is 0.261. The molecule has 0 atom stereocenters. The normalized spacial score (nSPS) is 11.9. The van der Waals surface area contributed by atoms with E-state index in [-0.39, 0.29) is 0 Å². The van der Waals surface area contributed by atoms with E-state index in [0.717, 1.165) is 5.52 Å². The molecule has 0 saturated heterocycles. The molecule has 0 saturated carbocycles. The van der Waals surface area contributed by atoms with E-state index in [9.17, 15) is 0 Å². The number of para-hydroxylation sites is 1. The van der Waals surface area contributed by atoms with Crippen molar-refractivity contribution in [3.05, 3.63) is 72.1 Å². The SMILES string of the molecule is CC(C)c1cccc(C(C)C)c1-n1cnc2ccc3ccccc3c21. The van der Waals surface area contributed by atoms with Gasteiger partial charge in [0.15, 0.2) is 0 Å². The van der Waals surface area contributed by atoms with Crippen LogP contribution in [0.15, 0.2) is 60.9 Å². The lowest BCUT2D eigenvalue weighted by atomic mass is 9.92. The van der Waals surface area contributed by atoms with Gasteiger partial charge < -0.3 is 0 Å². The average Bonchev–Trinajstić information content (AvgIpc) is 3.05. The van der Waals surface area contributed by atoms with Gasteiger partial charge in [-0.1, -0.05) is 76.2 Å². The monoisotopic (exact) mass is 328 g/mol. The largest absolute Gasteiger partial charge is 0.298 e. The third-order valence-corrected chi connectivity index (χ3v) is 5.02. The Morgan fingerprint density at radius 2 is 1.44 bits per heavy atom. The van der Waals surface area contributed by atoms with E-state index in [2.05, 4.69) is 86.9 Å². The first kappa shape index (κ1) is 15.9. The molecule has 3 aromatic carbocycles. The fourth-order valence-electron chi connectivity index (χ4n) is 3.74. The van der Waals surface area contributed by atoms with Crippen LogP contribution in [-0.4, -0.2) is 9.55 Å². The van der Waals surface area contributed by atoms with E-state index in [0.29, 0.717) is 11.8 Å². The summed E-state index contributed by atoms with van der Waals surface area (Å²) >= 11 is 0. The molecule has 4 rings (SSSR count). The zero-order valence-electron chi connectivity index (χ0n) is 15.3. The van der Waals surface area contributed by atoms with Crippen LogP contribution in [0.2, 0.25) is 0 Å². The molecule has 0 amide bonds. The molecule has 0 bridgehead atoms. The van der Waals surface area contributed by atoms with Gasteiger partial charge in [0.2, 0.25) is 0 Å². The minimum atomic E-state index is 0.459. The Kier molecular flexibility index (Phi) is 3.84. The van der Waals surface area contributed by atoms with Gasteiger partial charge in [-0.2, -0.15) is 0 Å². The predicted octanol–water partition coefficient (Wildman–Crippen LogP) is 6.43. The summed E-state index contributed by atoms with van der Waals surface area (Å²) in [6, 6.07) is 19.5. The highest BCUT2D eigenvalue weighted by atomic mass is 15.1. The number of aromatic nitrogens is 2. The van der Waals surface area contributed by atoms with Crippen molar-refractivity contribution in [3.8, 4) is 5.69 Å². The standard InChI is InChI=1S/C23H24N2/c1-15(2)18-10-7-11-19(16(3)4)22(18)25-14-24-21-13-12-17-8-5-6-9-20(17)23(21)25/h5-16H,1-4H3. The zero-order valence-corrected chi connectivity index (χ0v) is 15.3. The molecule has 4 aromatic rings. The van der Waals surface area contributed by atoms with Gasteiger partial charge in [0.25, 0.3) is 0 Å². The molecular weight excluding hydrogens is 304 g/mol. The molecule has 1 heterocycles. The maximum Gasteiger partial charge on any atom is 0.100 e. The number of hydrogen-bond donors (Lipinski definition) is 0. The molecule has 2 nitrogen and oxygen atoms in total. The topological polar surface area (TPSA) is 17.8 Å². The third-order valence-electron chi connectivity index (χ3n) is 5.02. The van der Waals surface area contributed by atoms with Crippen LogP contribution in [0.25, 0.3) is 27.5 Å². The number of fused-ring (bicyclic) bond motifs is 3. The smallest absolute Gasteiger partial charge is 0.100 e. The number of nitrogens with zero attached hydrogens (tertiary/aromatic N) is 2. The second kappa shape index (κ2) is 6.03. The third kappa shape index (κ3) is 2.53. The van der Waals surface area contributed by atoms with Gasteiger partial charge in [-0.3, -0.25) is 4.57 Å². The molecule has 0 N–H and O–H groups in total. The average molecular weight is 328 g/mol. The summed E-state index contributed by atoms with van der Waals surface area (Å²) in [4.78, 5) is 4.71. The zero-order chi connectivity index (χ0) is 17.6. The highest BCUT2D eigenvalue weighted by Gasteiger charge is 2.18. The Bertz CT molecular complexity index is 1030. The van der Waals surface area contributed by atoms with Gasteiger partial charge in [-0.25, -0.2) is 4.98 Å². The van der Waals surface area contributed by atoms with Crippen molar-refractivity contribution in [2.45, 2.75) is 39.5 Å². The summed E-state index contributed by atoms with van der Waals surface area (Å²) < 4.78 is 2.31. The first-order valence-electron chi connectivity index (χ1n) is 9.06. The van der Waals surface area contributed by atoms with E-state index < -0.39 is 0 Å². The van der Waals surface area contributed by atoms with Gasteiger partial charge in [0.1, 0.15) is 6.33 Å². The van der Waals surface area contributed by atoms with Gasteiger partial charge in [-0.15, -0.1) is 0 Å². The second-order valence-electron chi connectivity index (χ2n) is 7.36. The number of hydrogen-bond acceptors (Lipinski definition) is 1. The van der Waals surface area contributed by atoms with E-state index >= 15 is 0 Å². The van der Waals surface area contributed by atoms with Crippen LogP contribution in [0.3, 0.4) is 0 Å². The highest BCUT2D eigenvalue weighted by molar-refractivity contribution is 6.05. The van der Waals surface area contributed by atoms with Crippen molar-refractivity contribution in [3.63, 3.8) is 0 Å². The molecular formula is C23H24N2. The van der Waals surface area contributed by atoms with E-state index in [4.69, 9.17) is 4.98 Å². The Hall–Kier alpha value is -2.61. The molecule has 2 heteroatoms. The summed E-state index contributed by atoms with van der Waals surface area (Å²) in [6.45, 7) is 9.06. The second-order valence-corrected chi connectivity index (χ2v) is 7.36. The summed E-state index contributed by atoms with van der Waals surface area (Å²) in [6.07, 6.45) is 1.99. The molecule has 0 fully saturated rings. The molecule has 0 aliphatic rings. The van der Waals surface area contributed by atoms with Crippen LogP contribution in [0, 0.1) is 0 Å². The van der Waals surface area contributed by atoms with Gasteiger partial charge in [0, 0.05) is 5.39 Å². The van der Waals surface area contributed by atoms with Crippen LogP contribution in [0.4, 0.5) is 0 Å². The van der Waals surface area contributed by atoms with Gasteiger partial charge in [-0.05, 0) is 34.4 Å². The Morgan fingerprint density at radius 3 is 2.12 bits per heavy atom. The number of benzene rings is 3. The minimum absolute atomic E-state index is 0.459. The molecule has 0 unspecified atom stereocenters. The molecule has 25 heavy (non-hydrogen) atoms. The lowest BCUT2D eigenvalue weighted by Gasteiger charge is -2.21. The first-order chi connectivity index (χ1) is 12.1.